The van der Waals surface area contributed by atoms with Crippen LogP contribution in [0.1, 0.15) is 18.1 Å². The fraction of sp³-hybridized carbons (Fsp3) is 0.391. The van der Waals surface area contributed by atoms with E-state index in [1.54, 1.807) is 32.4 Å². The van der Waals surface area contributed by atoms with Gasteiger partial charge >= 0.3 is 0 Å². The zero-order valence-electron chi connectivity index (χ0n) is 17.7. The summed E-state index contributed by atoms with van der Waals surface area (Å²) >= 11 is 0. The molecule has 0 saturated carbocycles. The van der Waals surface area contributed by atoms with Gasteiger partial charge in [-0.1, -0.05) is 18.2 Å². The van der Waals surface area contributed by atoms with Crippen molar-refractivity contribution in [2.75, 3.05) is 45.7 Å². The number of hydrogen-bond donors (Lipinski definition) is 1. The fourth-order valence-electron chi connectivity index (χ4n) is 3.64. The average molecular weight is 409 g/mol. The van der Waals surface area contributed by atoms with Crippen molar-refractivity contribution in [3.63, 3.8) is 0 Å². The van der Waals surface area contributed by atoms with Gasteiger partial charge < -0.3 is 14.8 Å². The zero-order valence-corrected chi connectivity index (χ0v) is 17.7. The molecule has 7 heteroatoms. The van der Waals surface area contributed by atoms with Crippen LogP contribution in [0.4, 0.5) is 5.69 Å². The first kappa shape index (κ1) is 21.6. The Morgan fingerprint density at radius 1 is 1.10 bits per heavy atom. The topological polar surface area (TPSA) is 77.8 Å². The number of anilines is 1. The Balaban J connectivity index is 1.53. The molecule has 0 bridgehead atoms. The molecule has 0 aromatic heterocycles. The van der Waals surface area contributed by atoms with Crippen LogP contribution in [0.25, 0.3) is 0 Å². The number of nitriles is 1. The number of amides is 1. The molecule has 2 aromatic carbocycles. The van der Waals surface area contributed by atoms with Gasteiger partial charge in [-0.3, -0.25) is 14.6 Å². The van der Waals surface area contributed by atoms with Gasteiger partial charge in [0.15, 0.2) is 11.5 Å². The number of carbonyl (C=O) groups excluding carboxylic acids is 1. The van der Waals surface area contributed by atoms with E-state index in [1.807, 2.05) is 25.1 Å². The van der Waals surface area contributed by atoms with Crippen LogP contribution in [0, 0.1) is 11.3 Å². The van der Waals surface area contributed by atoms with Crippen LogP contribution in [-0.4, -0.2) is 62.1 Å². The Kier molecular flexibility index (Phi) is 7.28. The fourth-order valence-corrected chi connectivity index (χ4v) is 3.64. The highest BCUT2D eigenvalue weighted by Gasteiger charge is 2.26. The molecule has 7 nitrogen and oxygen atoms in total. The van der Waals surface area contributed by atoms with E-state index in [-0.39, 0.29) is 11.9 Å². The highest BCUT2D eigenvalue weighted by Crippen LogP contribution is 2.28. The second-order valence-electron chi connectivity index (χ2n) is 7.32. The number of piperazine rings is 1. The molecule has 0 radical (unpaired) electrons. The minimum absolute atomic E-state index is 0.0916. The Hall–Kier alpha value is -3.08. The van der Waals surface area contributed by atoms with Crippen LogP contribution in [0.15, 0.2) is 42.5 Å². The maximum atomic E-state index is 12.7. The molecule has 1 amide bonds. The molecule has 0 unspecified atom stereocenters. The number of nitrogens with one attached hydrogen (secondary N) is 1. The van der Waals surface area contributed by atoms with Crippen molar-refractivity contribution in [1.82, 2.24) is 9.80 Å². The average Bonchev–Trinajstić information content (AvgIpc) is 2.79. The molecule has 0 spiro atoms. The number of ether oxygens (including phenoxy) is 2. The van der Waals surface area contributed by atoms with E-state index in [0.717, 1.165) is 44.2 Å². The molecular formula is C23H28N4O3. The smallest absolute Gasteiger partial charge is 0.241 e. The maximum Gasteiger partial charge on any atom is 0.241 e. The van der Waals surface area contributed by atoms with Gasteiger partial charge in [0.25, 0.3) is 0 Å². The van der Waals surface area contributed by atoms with Crippen LogP contribution in [0.2, 0.25) is 0 Å². The van der Waals surface area contributed by atoms with Crippen LogP contribution in [0.3, 0.4) is 0 Å². The highest BCUT2D eigenvalue weighted by molar-refractivity contribution is 5.95. The van der Waals surface area contributed by atoms with Crippen molar-refractivity contribution in [3.05, 3.63) is 53.6 Å². The van der Waals surface area contributed by atoms with E-state index in [0.29, 0.717) is 11.3 Å². The number of carbonyl (C=O) groups is 1. The number of methoxy groups -OCH3 is 2. The lowest BCUT2D eigenvalue weighted by Gasteiger charge is -2.37. The summed E-state index contributed by atoms with van der Waals surface area (Å²) in [6.45, 7) is 6.10. The molecule has 1 heterocycles. The molecule has 2 aromatic rings. The van der Waals surface area contributed by atoms with Crippen molar-refractivity contribution in [1.29, 1.82) is 5.26 Å². The minimum Gasteiger partial charge on any atom is -0.493 e. The van der Waals surface area contributed by atoms with Crippen LogP contribution in [0.5, 0.6) is 11.5 Å². The third kappa shape index (κ3) is 5.09. The number of para-hydroxylation sites is 1. The standard InChI is InChI=1S/C23H28N4O3/c1-17(23(28)25-20-7-5-4-6-19(20)15-24)27-12-10-26(11-13-27)16-18-8-9-21(29-2)22(14-18)30-3/h4-9,14,17H,10-13,16H2,1-3H3,(H,25,28)/t17-/m1/s1. The molecule has 1 aliphatic rings. The van der Waals surface area contributed by atoms with Crippen LogP contribution >= 0.6 is 0 Å². The summed E-state index contributed by atoms with van der Waals surface area (Å²) in [5.41, 5.74) is 2.20. The monoisotopic (exact) mass is 408 g/mol. The number of hydrogen-bond acceptors (Lipinski definition) is 6. The molecule has 30 heavy (non-hydrogen) atoms. The molecule has 158 valence electrons. The van der Waals surface area contributed by atoms with E-state index in [2.05, 4.69) is 27.3 Å². The van der Waals surface area contributed by atoms with Crippen molar-refractivity contribution >= 4 is 11.6 Å². The van der Waals surface area contributed by atoms with Gasteiger partial charge in [0, 0.05) is 32.7 Å². The summed E-state index contributed by atoms with van der Waals surface area (Å²) in [5, 5.41) is 12.1. The van der Waals surface area contributed by atoms with Crippen molar-refractivity contribution in [2.24, 2.45) is 0 Å². The molecular weight excluding hydrogens is 380 g/mol. The van der Waals surface area contributed by atoms with Gasteiger partial charge in [0.05, 0.1) is 31.5 Å². The summed E-state index contributed by atoms with van der Waals surface area (Å²) in [4.78, 5) is 17.2. The number of nitrogens with zero attached hydrogens (tertiary/aromatic N) is 3. The predicted octanol–water partition coefficient (Wildman–Crippen LogP) is 2.72. The summed E-state index contributed by atoms with van der Waals surface area (Å²) in [6.07, 6.45) is 0. The predicted molar refractivity (Wildman–Crippen MR) is 116 cm³/mol. The van der Waals surface area contributed by atoms with E-state index >= 15 is 0 Å². The van der Waals surface area contributed by atoms with Gasteiger partial charge in [0.2, 0.25) is 5.91 Å². The van der Waals surface area contributed by atoms with E-state index < -0.39 is 0 Å². The summed E-state index contributed by atoms with van der Waals surface area (Å²) in [7, 11) is 3.27. The third-order valence-corrected chi connectivity index (χ3v) is 5.49. The molecule has 0 aliphatic carbocycles. The summed E-state index contributed by atoms with van der Waals surface area (Å²) in [5.74, 6) is 1.37. The number of rotatable bonds is 7. The zero-order chi connectivity index (χ0) is 21.5. The number of benzene rings is 2. The highest BCUT2D eigenvalue weighted by atomic mass is 16.5. The molecule has 1 aliphatic heterocycles. The first-order valence-electron chi connectivity index (χ1n) is 10.0. The summed E-state index contributed by atoms with van der Waals surface area (Å²) in [6, 6.07) is 14.9. The molecule has 1 fully saturated rings. The molecule has 1 atom stereocenters. The first-order chi connectivity index (χ1) is 14.5. The largest absolute Gasteiger partial charge is 0.493 e. The Morgan fingerprint density at radius 2 is 1.80 bits per heavy atom. The second kappa shape index (κ2) is 10.1. The maximum absolute atomic E-state index is 12.7. The van der Waals surface area contributed by atoms with Crippen molar-refractivity contribution in [2.45, 2.75) is 19.5 Å². The summed E-state index contributed by atoms with van der Waals surface area (Å²) < 4.78 is 10.7. The minimum atomic E-state index is -0.264. The van der Waals surface area contributed by atoms with Gasteiger partial charge in [-0.05, 0) is 36.8 Å². The molecule has 3 rings (SSSR count). The van der Waals surface area contributed by atoms with Crippen molar-refractivity contribution in [3.8, 4) is 17.6 Å². The normalized spacial score (nSPS) is 15.8. The second-order valence-corrected chi connectivity index (χ2v) is 7.32. The van der Waals surface area contributed by atoms with Crippen molar-refractivity contribution < 1.29 is 14.3 Å². The van der Waals surface area contributed by atoms with E-state index in [9.17, 15) is 10.1 Å². The third-order valence-electron chi connectivity index (χ3n) is 5.49. The molecule has 1 N–H and O–H groups in total. The first-order valence-corrected chi connectivity index (χ1v) is 10.0. The molecule has 1 saturated heterocycles. The quantitative estimate of drug-likeness (QED) is 0.759. The Labute approximate surface area is 177 Å². The lowest BCUT2D eigenvalue weighted by Crippen LogP contribution is -2.52. The van der Waals surface area contributed by atoms with E-state index in [4.69, 9.17) is 9.47 Å². The van der Waals surface area contributed by atoms with Crippen LogP contribution in [-0.2, 0) is 11.3 Å². The van der Waals surface area contributed by atoms with Gasteiger partial charge in [-0.2, -0.15) is 5.26 Å². The lowest BCUT2D eigenvalue weighted by atomic mass is 10.1. The van der Waals surface area contributed by atoms with E-state index in [1.165, 1.54) is 5.56 Å². The lowest BCUT2D eigenvalue weighted by molar-refractivity contribution is -0.121. The van der Waals surface area contributed by atoms with Gasteiger partial charge in [-0.15, -0.1) is 0 Å². The van der Waals surface area contributed by atoms with Gasteiger partial charge in [0.1, 0.15) is 6.07 Å². The Morgan fingerprint density at radius 3 is 2.47 bits per heavy atom. The SMILES string of the molecule is COc1ccc(CN2CCN([C@H](C)C(=O)Nc3ccccc3C#N)CC2)cc1OC. The van der Waals surface area contributed by atoms with Gasteiger partial charge in [-0.25, -0.2) is 0 Å². The van der Waals surface area contributed by atoms with Crippen LogP contribution < -0.4 is 14.8 Å². The Bertz CT molecular complexity index is 917.